The van der Waals surface area contributed by atoms with E-state index in [0.717, 1.165) is 22.3 Å². The molecule has 0 aliphatic rings. The Morgan fingerprint density at radius 3 is 2.46 bits per heavy atom. The summed E-state index contributed by atoms with van der Waals surface area (Å²) in [7, 11) is 3.41. The second-order valence-corrected chi connectivity index (χ2v) is 9.07. The minimum atomic E-state index is -0.209. The average molecular weight is 494 g/mol. The lowest BCUT2D eigenvalue weighted by atomic mass is 10.2. The number of benzene rings is 2. The number of rotatable bonds is 8. The zero-order chi connectivity index (χ0) is 25.1. The van der Waals surface area contributed by atoms with Gasteiger partial charge in [-0.1, -0.05) is 30.0 Å². The van der Waals surface area contributed by atoms with Gasteiger partial charge in [0.1, 0.15) is 5.82 Å². The quantitative estimate of drug-likeness (QED) is 0.365. The molecule has 0 bridgehead atoms. The number of hydrogen-bond acceptors (Lipinski definition) is 6. The number of hydrogen-bond donors (Lipinski definition) is 2. The number of amides is 2. The molecule has 0 radical (unpaired) electrons. The first-order valence-corrected chi connectivity index (χ1v) is 12.1. The number of carbonyl (C=O) groups excluding carboxylic acids is 2. The van der Waals surface area contributed by atoms with Crippen LogP contribution < -0.4 is 16.3 Å². The van der Waals surface area contributed by atoms with Crippen LogP contribution in [0.1, 0.15) is 18.3 Å². The van der Waals surface area contributed by atoms with Crippen molar-refractivity contribution < 1.29 is 9.59 Å². The van der Waals surface area contributed by atoms with E-state index in [1.165, 1.54) is 11.8 Å². The monoisotopic (exact) mass is 493 g/mol. The van der Waals surface area contributed by atoms with Crippen molar-refractivity contribution >= 4 is 46.0 Å². The van der Waals surface area contributed by atoms with Crippen LogP contribution in [0.25, 0.3) is 11.0 Å². The number of para-hydroxylation sites is 1. The maximum absolute atomic E-state index is 12.6. The molecule has 0 saturated heterocycles. The molecule has 0 spiro atoms. The summed E-state index contributed by atoms with van der Waals surface area (Å²) >= 11 is 1.25. The molecule has 2 N–H and O–H groups in total. The fraction of sp³-hybridized carbons (Fsp3) is 0.292. The molecule has 10 nitrogen and oxygen atoms in total. The van der Waals surface area contributed by atoms with Crippen LogP contribution in [0, 0.1) is 6.92 Å². The van der Waals surface area contributed by atoms with Gasteiger partial charge in [-0.25, -0.2) is 4.79 Å². The lowest BCUT2D eigenvalue weighted by Crippen LogP contribution is -2.19. The number of anilines is 2. The number of fused-ring (bicyclic) bond motifs is 1. The van der Waals surface area contributed by atoms with Crippen molar-refractivity contribution in [2.45, 2.75) is 32.0 Å². The number of carbonyl (C=O) groups is 2. The molecule has 2 aromatic heterocycles. The number of aromatic nitrogens is 5. The molecule has 2 amide bonds. The Kier molecular flexibility index (Phi) is 7.06. The molecule has 0 fully saturated rings. The zero-order valence-corrected chi connectivity index (χ0v) is 20.8. The first kappa shape index (κ1) is 24.3. The minimum Gasteiger partial charge on any atom is -0.325 e. The van der Waals surface area contributed by atoms with E-state index in [0.29, 0.717) is 23.2 Å². The van der Waals surface area contributed by atoms with Crippen molar-refractivity contribution in [1.29, 1.82) is 0 Å². The topological polar surface area (TPSA) is 116 Å². The number of thioether (sulfide) groups is 1. The highest BCUT2D eigenvalue weighted by atomic mass is 32.2. The smallest absolute Gasteiger partial charge is 0.325 e. The van der Waals surface area contributed by atoms with E-state index in [9.17, 15) is 14.4 Å². The summed E-state index contributed by atoms with van der Waals surface area (Å²) in [6.07, 6.45) is 0.0811. The summed E-state index contributed by atoms with van der Waals surface area (Å²) in [4.78, 5) is 37.2. The van der Waals surface area contributed by atoms with E-state index in [1.54, 1.807) is 35.4 Å². The predicted octanol–water partition coefficient (Wildman–Crippen LogP) is 2.71. The SMILES string of the molecule is CCn1c(CC(=O)Nc2ccccc2C)nnc1SCC(=O)Nc1ccc2c(c1)n(C)c(=O)n2C. The normalized spacial score (nSPS) is 11.1. The van der Waals surface area contributed by atoms with Crippen LogP contribution in [-0.4, -0.2) is 41.5 Å². The van der Waals surface area contributed by atoms with Crippen LogP contribution in [0.15, 0.2) is 52.4 Å². The number of aryl methyl sites for hydroxylation is 3. The van der Waals surface area contributed by atoms with Crippen LogP contribution in [0.5, 0.6) is 0 Å². The van der Waals surface area contributed by atoms with Gasteiger partial charge in [-0.2, -0.15) is 0 Å². The van der Waals surface area contributed by atoms with Crippen LogP contribution in [0.2, 0.25) is 0 Å². The second kappa shape index (κ2) is 10.2. The summed E-state index contributed by atoms with van der Waals surface area (Å²) in [5, 5.41) is 14.7. The summed E-state index contributed by atoms with van der Waals surface area (Å²) in [5.74, 6) is 0.275. The number of nitrogens with zero attached hydrogens (tertiary/aromatic N) is 5. The summed E-state index contributed by atoms with van der Waals surface area (Å²) in [6.45, 7) is 4.45. The number of imidazole rings is 1. The molecule has 4 rings (SSSR count). The third kappa shape index (κ3) is 5.14. The van der Waals surface area contributed by atoms with E-state index in [2.05, 4.69) is 20.8 Å². The third-order valence-corrected chi connectivity index (χ3v) is 6.70. The van der Waals surface area contributed by atoms with E-state index in [-0.39, 0.29) is 29.7 Å². The molecule has 0 saturated carbocycles. The molecule has 35 heavy (non-hydrogen) atoms. The Hall–Kier alpha value is -3.86. The first-order chi connectivity index (χ1) is 16.8. The second-order valence-electron chi connectivity index (χ2n) is 8.12. The van der Waals surface area contributed by atoms with Crippen molar-refractivity contribution in [1.82, 2.24) is 23.9 Å². The maximum Gasteiger partial charge on any atom is 0.328 e. The van der Waals surface area contributed by atoms with Crippen molar-refractivity contribution in [2.75, 3.05) is 16.4 Å². The predicted molar refractivity (Wildman–Crippen MR) is 137 cm³/mol. The van der Waals surface area contributed by atoms with Crippen molar-refractivity contribution in [3.63, 3.8) is 0 Å². The van der Waals surface area contributed by atoms with Gasteiger partial charge in [-0.15, -0.1) is 10.2 Å². The highest BCUT2D eigenvalue weighted by Gasteiger charge is 2.17. The lowest BCUT2D eigenvalue weighted by molar-refractivity contribution is -0.116. The molecule has 0 aliphatic carbocycles. The maximum atomic E-state index is 12.6. The third-order valence-electron chi connectivity index (χ3n) is 5.74. The minimum absolute atomic E-state index is 0.0811. The van der Waals surface area contributed by atoms with E-state index >= 15 is 0 Å². The van der Waals surface area contributed by atoms with Crippen LogP contribution >= 0.6 is 11.8 Å². The standard InChI is InChI=1S/C24H27N7O3S/c1-5-31-20(13-21(32)26-17-9-7-6-8-15(17)2)27-28-23(31)35-14-22(33)25-16-10-11-18-19(12-16)30(4)24(34)29(18)3/h6-12H,5,13-14H2,1-4H3,(H,25,33)(H,26,32). The van der Waals surface area contributed by atoms with Gasteiger partial charge in [0.2, 0.25) is 11.8 Å². The van der Waals surface area contributed by atoms with Gasteiger partial charge >= 0.3 is 5.69 Å². The largest absolute Gasteiger partial charge is 0.328 e. The Morgan fingerprint density at radius 1 is 0.971 bits per heavy atom. The van der Waals surface area contributed by atoms with Gasteiger partial charge in [0.05, 0.1) is 23.2 Å². The van der Waals surface area contributed by atoms with E-state index in [4.69, 9.17) is 0 Å². The molecule has 2 heterocycles. The first-order valence-electron chi connectivity index (χ1n) is 11.1. The fourth-order valence-corrected chi connectivity index (χ4v) is 4.66. The zero-order valence-electron chi connectivity index (χ0n) is 20.0. The summed E-state index contributed by atoms with van der Waals surface area (Å²) in [5.41, 5.74) is 3.76. The van der Waals surface area contributed by atoms with Gasteiger partial charge in [-0.05, 0) is 43.7 Å². The molecular weight excluding hydrogens is 466 g/mol. The van der Waals surface area contributed by atoms with Crippen LogP contribution in [-0.2, 0) is 36.6 Å². The molecule has 11 heteroatoms. The molecule has 182 valence electrons. The summed E-state index contributed by atoms with van der Waals surface area (Å²) < 4.78 is 4.94. The average Bonchev–Trinajstić information content (AvgIpc) is 3.32. The van der Waals surface area contributed by atoms with E-state index in [1.807, 2.05) is 48.7 Å². The Morgan fingerprint density at radius 2 is 1.71 bits per heavy atom. The Labute approximate surface area is 206 Å². The van der Waals surface area contributed by atoms with Crippen molar-refractivity contribution in [3.8, 4) is 0 Å². The molecule has 0 unspecified atom stereocenters. The van der Waals surface area contributed by atoms with Crippen LogP contribution in [0.4, 0.5) is 11.4 Å². The van der Waals surface area contributed by atoms with E-state index < -0.39 is 0 Å². The van der Waals surface area contributed by atoms with Gasteiger partial charge in [0.25, 0.3) is 0 Å². The van der Waals surface area contributed by atoms with Gasteiger partial charge < -0.3 is 15.2 Å². The van der Waals surface area contributed by atoms with Gasteiger partial charge in [0.15, 0.2) is 5.16 Å². The molecule has 0 aliphatic heterocycles. The molecule has 0 atom stereocenters. The highest BCUT2D eigenvalue weighted by Crippen LogP contribution is 2.21. The molecular formula is C24H27N7O3S. The Bertz CT molecular complexity index is 1470. The Balaban J connectivity index is 1.38. The van der Waals surface area contributed by atoms with Crippen molar-refractivity contribution in [2.24, 2.45) is 14.1 Å². The number of nitrogens with one attached hydrogen (secondary N) is 2. The summed E-state index contributed by atoms with van der Waals surface area (Å²) in [6, 6.07) is 12.9. The molecule has 4 aromatic rings. The molecule has 2 aromatic carbocycles. The van der Waals surface area contributed by atoms with Crippen LogP contribution in [0.3, 0.4) is 0 Å². The fourth-order valence-electron chi connectivity index (χ4n) is 3.84. The van der Waals surface area contributed by atoms with Gasteiger partial charge in [-0.3, -0.25) is 18.7 Å². The van der Waals surface area contributed by atoms with Crippen molar-refractivity contribution in [3.05, 3.63) is 64.3 Å². The highest BCUT2D eigenvalue weighted by molar-refractivity contribution is 7.99. The van der Waals surface area contributed by atoms with Gasteiger partial charge in [0, 0.05) is 32.0 Å². The lowest BCUT2D eigenvalue weighted by Gasteiger charge is -2.10.